The molecule has 0 spiro atoms. The van der Waals surface area contributed by atoms with Crippen molar-refractivity contribution in [1.29, 1.82) is 0 Å². The molecule has 104 valence electrons. The van der Waals surface area contributed by atoms with E-state index in [1.165, 1.54) is 10.9 Å². The van der Waals surface area contributed by atoms with Gasteiger partial charge in [-0.15, -0.1) is 0 Å². The van der Waals surface area contributed by atoms with Gasteiger partial charge >= 0.3 is 0 Å². The van der Waals surface area contributed by atoms with Gasteiger partial charge in [-0.25, -0.2) is 0 Å². The van der Waals surface area contributed by atoms with Crippen molar-refractivity contribution in [3.05, 3.63) is 104 Å². The summed E-state index contributed by atoms with van der Waals surface area (Å²) in [4.78, 5) is 6.90. The molecule has 4 aromatic rings. The van der Waals surface area contributed by atoms with Gasteiger partial charge in [0.05, 0.1) is 0 Å². The minimum Gasteiger partial charge on any atom is -0.361 e. The molecule has 0 aliphatic heterocycles. The van der Waals surface area contributed by atoms with Crippen molar-refractivity contribution in [2.75, 3.05) is 0 Å². The van der Waals surface area contributed by atoms with Crippen LogP contribution in [0.3, 0.4) is 0 Å². The number of hydrogen-bond donors (Lipinski definition) is 1. The summed E-state index contributed by atoms with van der Waals surface area (Å²) in [6.07, 6.45) is 5.45. The first-order valence-electron chi connectivity index (χ1n) is 6.84. The fraction of sp³-hybridized carbons (Fsp3) is 0. The van der Waals surface area contributed by atoms with Crippen LogP contribution in [0.15, 0.2) is 104 Å². The Labute approximate surface area is 125 Å². The highest BCUT2D eigenvalue weighted by Crippen LogP contribution is 2.09. The summed E-state index contributed by atoms with van der Waals surface area (Å²) in [5.74, 6) is 0. The average molecular weight is 274 g/mol. The van der Waals surface area contributed by atoms with Crippen LogP contribution in [0, 0.1) is 0 Å². The van der Waals surface area contributed by atoms with Crippen LogP contribution in [-0.4, -0.2) is 9.97 Å². The number of rotatable bonds is 0. The van der Waals surface area contributed by atoms with E-state index < -0.39 is 0 Å². The number of para-hydroxylation sites is 1. The lowest BCUT2D eigenvalue weighted by atomic mass is 10.3. The standard InChI is InChI=1S/C8H7N.C6H6.C5H5N/c1-2-4-8-7(3-1)5-6-9-8;2*1-2-4-6-5-3-1/h1-6,9H;1-6H;1-5H. The fourth-order valence-corrected chi connectivity index (χ4v) is 1.69. The maximum absolute atomic E-state index is 3.78. The number of nitrogens with one attached hydrogen (secondary N) is 1. The zero-order valence-electron chi connectivity index (χ0n) is 11.8. The number of aromatic amines is 1. The Kier molecular flexibility index (Phi) is 6.30. The van der Waals surface area contributed by atoms with Crippen molar-refractivity contribution in [3.8, 4) is 0 Å². The minimum atomic E-state index is 1.21. The average Bonchev–Trinajstić information content (AvgIpc) is 3.08. The summed E-state index contributed by atoms with van der Waals surface area (Å²) in [6.45, 7) is 0. The van der Waals surface area contributed by atoms with Gasteiger partial charge in [-0.05, 0) is 29.7 Å². The van der Waals surface area contributed by atoms with Crippen LogP contribution in [0.2, 0.25) is 0 Å². The molecule has 0 fully saturated rings. The maximum Gasteiger partial charge on any atom is 0.0453 e. The summed E-state index contributed by atoms with van der Waals surface area (Å²) in [6, 6.07) is 28.0. The van der Waals surface area contributed by atoms with Gasteiger partial charge in [0.2, 0.25) is 0 Å². The maximum atomic E-state index is 3.78. The van der Waals surface area contributed by atoms with E-state index in [0.29, 0.717) is 0 Å². The molecule has 21 heavy (non-hydrogen) atoms. The molecule has 0 amide bonds. The van der Waals surface area contributed by atoms with Gasteiger partial charge in [-0.1, -0.05) is 60.7 Å². The van der Waals surface area contributed by atoms with Crippen LogP contribution >= 0.6 is 0 Å². The van der Waals surface area contributed by atoms with Gasteiger partial charge in [-0.2, -0.15) is 0 Å². The molecule has 0 atom stereocenters. The quantitative estimate of drug-likeness (QED) is 0.483. The molecule has 1 N–H and O–H groups in total. The fourth-order valence-electron chi connectivity index (χ4n) is 1.69. The van der Waals surface area contributed by atoms with E-state index in [1.807, 2.05) is 72.9 Å². The smallest absolute Gasteiger partial charge is 0.0453 e. The van der Waals surface area contributed by atoms with Crippen molar-refractivity contribution in [2.45, 2.75) is 0 Å². The van der Waals surface area contributed by atoms with Crippen LogP contribution in [0.5, 0.6) is 0 Å². The molecule has 0 bridgehead atoms. The summed E-state index contributed by atoms with van der Waals surface area (Å²) in [7, 11) is 0. The molecule has 2 heteroatoms. The van der Waals surface area contributed by atoms with E-state index in [2.05, 4.69) is 28.2 Å². The molecule has 0 saturated carbocycles. The molecule has 0 radical (unpaired) electrons. The first-order valence-corrected chi connectivity index (χ1v) is 6.84. The van der Waals surface area contributed by atoms with Crippen molar-refractivity contribution >= 4 is 10.9 Å². The third-order valence-corrected chi connectivity index (χ3v) is 2.70. The molecule has 2 aromatic heterocycles. The highest BCUT2D eigenvalue weighted by molar-refractivity contribution is 5.78. The van der Waals surface area contributed by atoms with Crippen molar-refractivity contribution < 1.29 is 0 Å². The van der Waals surface area contributed by atoms with Crippen LogP contribution in [0.25, 0.3) is 10.9 Å². The predicted octanol–water partition coefficient (Wildman–Crippen LogP) is 4.94. The Balaban J connectivity index is 0.000000120. The van der Waals surface area contributed by atoms with Gasteiger partial charge < -0.3 is 4.98 Å². The topological polar surface area (TPSA) is 28.7 Å². The van der Waals surface area contributed by atoms with Crippen molar-refractivity contribution in [3.63, 3.8) is 0 Å². The summed E-state index contributed by atoms with van der Waals surface area (Å²) < 4.78 is 0. The summed E-state index contributed by atoms with van der Waals surface area (Å²) >= 11 is 0. The highest BCUT2D eigenvalue weighted by Gasteiger charge is 1.86. The number of H-pyrrole nitrogens is 1. The lowest BCUT2D eigenvalue weighted by molar-refractivity contribution is 1.33. The second-order valence-electron chi connectivity index (χ2n) is 4.24. The van der Waals surface area contributed by atoms with E-state index in [0.717, 1.165) is 0 Å². The monoisotopic (exact) mass is 274 g/mol. The lowest BCUT2D eigenvalue weighted by Crippen LogP contribution is -1.61. The Hall–Kier alpha value is -2.87. The molecule has 0 unspecified atom stereocenters. The van der Waals surface area contributed by atoms with Gasteiger partial charge in [-0.3, -0.25) is 4.98 Å². The highest BCUT2D eigenvalue weighted by atomic mass is 14.7. The Bertz CT molecular complexity index is 588. The number of benzene rings is 2. The molecule has 2 nitrogen and oxygen atoms in total. The van der Waals surface area contributed by atoms with Crippen molar-refractivity contribution in [1.82, 2.24) is 9.97 Å². The van der Waals surface area contributed by atoms with E-state index in [1.54, 1.807) is 12.4 Å². The van der Waals surface area contributed by atoms with E-state index in [4.69, 9.17) is 0 Å². The predicted molar refractivity (Wildman–Crippen MR) is 89.0 cm³/mol. The third kappa shape index (κ3) is 5.74. The van der Waals surface area contributed by atoms with Gasteiger partial charge in [0, 0.05) is 24.1 Å². The molecule has 4 rings (SSSR count). The molecular formula is C19H18N2. The number of fused-ring (bicyclic) bond motifs is 1. The molecule has 0 aliphatic carbocycles. The minimum absolute atomic E-state index is 1.21. The van der Waals surface area contributed by atoms with Crippen LogP contribution in [0.4, 0.5) is 0 Å². The second kappa shape index (κ2) is 9.10. The number of hydrogen-bond acceptors (Lipinski definition) is 1. The van der Waals surface area contributed by atoms with Crippen LogP contribution in [-0.2, 0) is 0 Å². The SMILES string of the molecule is c1ccc2[nH]ccc2c1.c1ccccc1.c1ccncc1. The first kappa shape index (κ1) is 14.5. The summed E-state index contributed by atoms with van der Waals surface area (Å²) in [5.41, 5.74) is 1.21. The second-order valence-corrected chi connectivity index (χ2v) is 4.24. The Morgan fingerprint density at radius 2 is 1.14 bits per heavy atom. The van der Waals surface area contributed by atoms with Gasteiger partial charge in [0.25, 0.3) is 0 Å². The zero-order valence-corrected chi connectivity index (χ0v) is 11.8. The van der Waals surface area contributed by atoms with E-state index in [9.17, 15) is 0 Å². The molecular weight excluding hydrogens is 256 g/mol. The third-order valence-electron chi connectivity index (χ3n) is 2.70. The zero-order chi connectivity index (χ0) is 14.6. The Morgan fingerprint density at radius 1 is 0.571 bits per heavy atom. The van der Waals surface area contributed by atoms with Gasteiger partial charge in [0.1, 0.15) is 0 Å². The number of pyridine rings is 1. The molecule has 0 saturated heterocycles. The van der Waals surface area contributed by atoms with Crippen molar-refractivity contribution in [2.24, 2.45) is 0 Å². The van der Waals surface area contributed by atoms with Crippen LogP contribution < -0.4 is 0 Å². The largest absolute Gasteiger partial charge is 0.361 e. The Morgan fingerprint density at radius 3 is 1.62 bits per heavy atom. The number of aromatic nitrogens is 2. The normalized spacial score (nSPS) is 8.95. The van der Waals surface area contributed by atoms with Crippen LogP contribution in [0.1, 0.15) is 0 Å². The molecule has 2 aromatic carbocycles. The van der Waals surface area contributed by atoms with Gasteiger partial charge in [0.15, 0.2) is 0 Å². The summed E-state index contributed by atoms with van der Waals surface area (Å²) in [5, 5.41) is 1.28. The molecule has 2 heterocycles. The first-order chi connectivity index (χ1) is 10.5. The van der Waals surface area contributed by atoms with E-state index in [-0.39, 0.29) is 0 Å². The molecule has 0 aliphatic rings. The lowest BCUT2D eigenvalue weighted by Gasteiger charge is -1.83. The number of nitrogens with zero attached hydrogens (tertiary/aromatic N) is 1. The van der Waals surface area contributed by atoms with E-state index >= 15 is 0 Å².